The normalized spacial score (nSPS) is 16.6. The van der Waals surface area contributed by atoms with Crippen molar-refractivity contribution in [3.8, 4) is 0 Å². The third kappa shape index (κ3) is 2.80. The van der Waals surface area contributed by atoms with Gasteiger partial charge in [0, 0.05) is 18.8 Å². The predicted octanol–water partition coefficient (Wildman–Crippen LogP) is 1.52. The molecule has 0 aromatic carbocycles. The lowest BCUT2D eigenvalue weighted by molar-refractivity contribution is 0.0763. The fourth-order valence-electron chi connectivity index (χ4n) is 2.09. The van der Waals surface area contributed by atoms with Crippen LogP contribution in [0.4, 0.5) is 5.69 Å². The second-order valence-electron chi connectivity index (χ2n) is 4.47. The third-order valence-electron chi connectivity index (χ3n) is 3.09. The van der Waals surface area contributed by atoms with E-state index in [0.29, 0.717) is 11.4 Å². The van der Waals surface area contributed by atoms with Gasteiger partial charge >= 0.3 is 0 Å². The van der Waals surface area contributed by atoms with Gasteiger partial charge in [-0.3, -0.25) is 9.89 Å². The first-order valence-electron chi connectivity index (χ1n) is 6.43. The van der Waals surface area contributed by atoms with Crippen LogP contribution in [0.25, 0.3) is 0 Å². The van der Waals surface area contributed by atoms with Crippen LogP contribution in [0.1, 0.15) is 35.9 Å². The van der Waals surface area contributed by atoms with Crippen molar-refractivity contribution in [2.45, 2.75) is 26.2 Å². The van der Waals surface area contributed by atoms with E-state index >= 15 is 0 Å². The zero-order chi connectivity index (χ0) is 13.0. The Bertz CT molecular complexity index is 410. The number of carbonyl (C=O) groups excluding carboxylic acids is 1. The highest BCUT2D eigenvalue weighted by molar-refractivity contribution is 7.99. The fourth-order valence-corrected chi connectivity index (χ4v) is 2.98. The molecule has 0 aliphatic carbocycles. The van der Waals surface area contributed by atoms with E-state index < -0.39 is 0 Å². The van der Waals surface area contributed by atoms with Gasteiger partial charge in [-0.2, -0.15) is 16.9 Å². The van der Waals surface area contributed by atoms with Crippen LogP contribution in [0.5, 0.6) is 0 Å². The molecule has 0 bridgehead atoms. The molecular formula is C12H20N4OS. The number of hydrogen-bond acceptors (Lipinski definition) is 4. The van der Waals surface area contributed by atoms with Gasteiger partial charge in [0.05, 0.1) is 11.4 Å². The molecule has 2 rings (SSSR count). The summed E-state index contributed by atoms with van der Waals surface area (Å²) in [4.78, 5) is 14.2. The van der Waals surface area contributed by atoms with Gasteiger partial charge in [-0.15, -0.1) is 0 Å². The number of amides is 1. The Balaban J connectivity index is 2.12. The number of aryl methyl sites for hydroxylation is 1. The van der Waals surface area contributed by atoms with E-state index in [2.05, 4.69) is 17.1 Å². The molecule has 100 valence electrons. The minimum atomic E-state index is -0.0337. The summed E-state index contributed by atoms with van der Waals surface area (Å²) in [5.41, 5.74) is 7.79. The Morgan fingerprint density at radius 1 is 1.50 bits per heavy atom. The van der Waals surface area contributed by atoms with Crippen molar-refractivity contribution < 1.29 is 4.79 Å². The number of nitrogen functional groups attached to an aromatic ring is 1. The van der Waals surface area contributed by atoms with Crippen molar-refractivity contribution in [2.75, 3.05) is 30.3 Å². The first-order chi connectivity index (χ1) is 8.74. The van der Waals surface area contributed by atoms with Gasteiger partial charge in [-0.1, -0.05) is 13.3 Å². The lowest BCUT2D eigenvalue weighted by Gasteiger charge is -2.18. The van der Waals surface area contributed by atoms with Gasteiger partial charge in [0.1, 0.15) is 0 Å². The van der Waals surface area contributed by atoms with Crippen LogP contribution < -0.4 is 5.73 Å². The van der Waals surface area contributed by atoms with Gasteiger partial charge in [0.2, 0.25) is 0 Å². The smallest absolute Gasteiger partial charge is 0.276 e. The molecule has 3 N–H and O–H groups in total. The zero-order valence-electron chi connectivity index (χ0n) is 10.7. The van der Waals surface area contributed by atoms with Crippen LogP contribution in [0.15, 0.2) is 0 Å². The van der Waals surface area contributed by atoms with E-state index in [1.165, 1.54) is 0 Å². The molecule has 0 radical (unpaired) electrons. The largest absolute Gasteiger partial charge is 0.395 e. The molecule has 1 aliphatic heterocycles. The molecule has 0 saturated carbocycles. The number of hydrogen-bond donors (Lipinski definition) is 2. The Morgan fingerprint density at radius 3 is 3.11 bits per heavy atom. The molecule has 1 amide bonds. The van der Waals surface area contributed by atoms with Crippen molar-refractivity contribution in [1.29, 1.82) is 0 Å². The lowest BCUT2D eigenvalue weighted by atomic mass is 10.2. The molecule has 6 heteroatoms. The van der Waals surface area contributed by atoms with E-state index in [0.717, 1.165) is 49.6 Å². The van der Waals surface area contributed by atoms with E-state index in [-0.39, 0.29) is 5.91 Å². The topological polar surface area (TPSA) is 75.0 Å². The quantitative estimate of drug-likeness (QED) is 0.871. The van der Waals surface area contributed by atoms with Crippen LogP contribution in [0, 0.1) is 0 Å². The summed E-state index contributed by atoms with van der Waals surface area (Å²) in [6.45, 7) is 3.67. The molecule has 0 atom stereocenters. The summed E-state index contributed by atoms with van der Waals surface area (Å²) in [6, 6.07) is 0. The molecule has 2 heterocycles. The number of thioether (sulfide) groups is 1. The highest BCUT2D eigenvalue weighted by Gasteiger charge is 2.23. The van der Waals surface area contributed by atoms with Gasteiger partial charge < -0.3 is 10.6 Å². The maximum Gasteiger partial charge on any atom is 0.276 e. The lowest BCUT2D eigenvalue weighted by Crippen LogP contribution is -2.33. The van der Waals surface area contributed by atoms with E-state index in [9.17, 15) is 4.79 Å². The van der Waals surface area contributed by atoms with Crippen molar-refractivity contribution in [3.63, 3.8) is 0 Å². The number of nitrogens with zero attached hydrogens (tertiary/aromatic N) is 2. The summed E-state index contributed by atoms with van der Waals surface area (Å²) in [7, 11) is 0. The second-order valence-corrected chi connectivity index (χ2v) is 5.70. The Hall–Kier alpha value is -1.17. The number of carbonyl (C=O) groups is 1. The zero-order valence-corrected chi connectivity index (χ0v) is 11.6. The maximum atomic E-state index is 12.3. The summed E-state index contributed by atoms with van der Waals surface area (Å²) in [6.07, 6.45) is 2.87. The van der Waals surface area contributed by atoms with Gasteiger partial charge in [-0.25, -0.2) is 0 Å². The minimum absolute atomic E-state index is 0.0337. The molecule has 1 aliphatic rings. The number of nitrogens with two attached hydrogens (primary N) is 1. The van der Waals surface area contributed by atoms with Crippen molar-refractivity contribution >= 4 is 23.4 Å². The molecule has 1 aromatic heterocycles. The van der Waals surface area contributed by atoms with Crippen LogP contribution in [-0.2, 0) is 6.42 Å². The molecule has 0 unspecified atom stereocenters. The average molecular weight is 268 g/mol. The van der Waals surface area contributed by atoms with Crippen molar-refractivity contribution in [3.05, 3.63) is 11.4 Å². The molecule has 5 nitrogen and oxygen atoms in total. The van der Waals surface area contributed by atoms with E-state index in [1.54, 1.807) is 0 Å². The van der Waals surface area contributed by atoms with E-state index in [4.69, 9.17) is 5.73 Å². The molecule has 0 spiro atoms. The summed E-state index contributed by atoms with van der Waals surface area (Å²) in [5, 5.41) is 6.97. The third-order valence-corrected chi connectivity index (χ3v) is 4.14. The number of H-pyrrole nitrogens is 1. The first-order valence-corrected chi connectivity index (χ1v) is 7.59. The molecule has 1 aromatic rings. The number of aromatic amines is 1. The number of nitrogens with one attached hydrogen (secondary N) is 1. The molecule has 1 fully saturated rings. The molecule has 18 heavy (non-hydrogen) atoms. The van der Waals surface area contributed by atoms with E-state index in [1.807, 2.05) is 16.7 Å². The monoisotopic (exact) mass is 268 g/mol. The highest BCUT2D eigenvalue weighted by atomic mass is 32.2. The molecule has 1 saturated heterocycles. The van der Waals surface area contributed by atoms with Crippen LogP contribution >= 0.6 is 11.8 Å². The van der Waals surface area contributed by atoms with Crippen molar-refractivity contribution in [2.24, 2.45) is 0 Å². The van der Waals surface area contributed by atoms with Crippen LogP contribution in [0.3, 0.4) is 0 Å². The van der Waals surface area contributed by atoms with Gasteiger partial charge in [0.25, 0.3) is 5.91 Å². The average Bonchev–Trinajstić information content (AvgIpc) is 2.59. The highest BCUT2D eigenvalue weighted by Crippen LogP contribution is 2.19. The number of aromatic nitrogens is 2. The first kappa shape index (κ1) is 13.3. The summed E-state index contributed by atoms with van der Waals surface area (Å²) in [5.74, 6) is 2.09. The molecular weight excluding hydrogens is 248 g/mol. The van der Waals surface area contributed by atoms with Gasteiger partial charge in [-0.05, 0) is 18.6 Å². The second kappa shape index (κ2) is 6.13. The summed E-state index contributed by atoms with van der Waals surface area (Å²) >= 11 is 1.90. The Morgan fingerprint density at radius 2 is 2.33 bits per heavy atom. The maximum absolute atomic E-state index is 12.3. The predicted molar refractivity (Wildman–Crippen MR) is 74.8 cm³/mol. The van der Waals surface area contributed by atoms with Crippen molar-refractivity contribution in [1.82, 2.24) is 15.1 Å². The number of rotatable bonds is 3. The SMILES string of the molecule is CCCc1[nH]nc(C(=O)N2CCCSCC2)c1N. The Labute approximate surface area is 111 Å². The Kier molecular flexibility index (Phi) is 4.52. The van der Waals surface area contributed by atoms with Gasteiger partial charge in [0.15, 0.2) is 5.69 Å². The standard InChI is InChI=1S/C12H20N4OS/c1-2-4-9-10(13)11(15-14-9)12(17)16-5-3-7-18-8-6-16/h2-8,13H2,1H3,(H,14,15). The fraction of sp³-hybridized carbons (Fsp3) is 0.667. The number of anilines is 1. The van der Waals surface area contributed by atoms with Crippen LogP contribution in [-0.4, -0.2) is 45.6 Å². The summed E-state index contributed by atoms with van der Waals surface area (Å²) < 4.78 is 0. The minimum Gasteiger partial charge on any atom is -0.395 e. The van der Waals surface area contributed by atoms with Crippen LogP contribution in [0.2, 0.25) is 0 Å².